The SMILES string of the molecule is Cc1cc(N2CCNC[C@H]2C)ccc1C1CCC(=O)NC1=O. The number of carbonyl (C=O) groups excluding carboxylic acids is 2. The summed E-state index contributed by atoms with van der Waals surface area (Å²) in [4.78, 5) is 25.7. The molecule has 0 aromatic heterocycles. The zero-order valence-corrected chi connectivity index (χ0v) is 13.2. The van der Waals surface area contributed by atoms with Crippen LogP contribution in [0.5, 0.6) is 0 Å². The number of anilines is 1. The van der Waals surface area contributed by atoms with E-state index in [9.17, 15) is 9.59 Å². The van der Waals surface area contributed by atoms with Gasteiger partial charge in [-0.15, -0.1) is 0 Å². The summed E-state index contributed by atoms with van der Waals surface area (Å²) in [5, 5.41) is 5.84. The fraction of sp³-hybridized carbons (Fsp3) is 0.529. The zero-order valence-electron chi connectivity index (χ0n) is 13.2. The van der Waals surface area contributed by atoms with Crippen LogP contribution in [-0.4, -0.2) is 37.5 Å². The van der Waals surface area contributed by atoms with Crippen LogP contribution in [0.1, 0.15) is 36.8 Å². The third-order valence-electron chi connectivity index (χ3n) is 4.70. The summed E-state index contributed by atoms with van der Waals surface area (Å²) in [5.41, 5.74) is 3.37. The van der Waals surface area contributed by atoms with Crippen LogP contribution < -0.4 is 15.5 Å². The first-order valence-corrected chi connectivity index (χ1v) is 7.98. The quantitative estimate of drug-likeness (QED) is 0.809. The van der Waals surface area contributed by atoms with Crippen LogP contribution in [0.25, 0.3) is 0 Å². The topological polar surface area (TPSA) is 61.4 Å². The predicted molar refractivity (Wildman–Crippen MR) is 86.0 cm³/mol. The Morgan fingerprint density at radius 2 is 2.09 bits per heavy atom. The Labute approximate surface area is 131 Å². The third-order valence-corrected chi connectivity index (χ3v) is 4.70. The Morgan fingerprint density at radius 3 is 2.77 bits per heavy atom. The van der Waals surface area contributed by atoms with Gasteiger partial charge in [0, 0.05) is 37.8 Å². The lowest BCUT2D eigenvalue weighted by Gasteiger charge is -2.36. The fourth-order valence-corrected chi connectivity index (χ4v) is 3.44. The second-order valence-corrected chi connectivity index (χ2v) is 6.29. The number of aryl methyl sites for hydroxylation is 1. The fourth-order valence-electron chi connectivity index (χ4n) is 3.44. The number of piperidine rings is 1. The first-order valence-electron chi connectivity index (χ1n) is 7.98. The molecule has 1 unspecified atom stereocenters. The summed E-state index contributed by atoms with van der Waals surface area (Å²) >= 11 is 0. The maximum atomic E-state index is 12.0. The molecule has 1 aromatic rings. The highest BCUT2D eigenvalue weighted by Crippen LogP contribution is 2.30. The molecule has 2 aliphatic heterocycles. The molecule has 118 valence electrons. The van der Waals surface area contributed by atoms with E-state index in [0.717, 1.165) is 30.8 Å². The summed E-state index contributed by atoms with van der Waals surface area (Å²) in [5.74, 6) is -0.528. The highest BCUT2D eigenvalue weighted by atomic mass is 16.2. The lowest BCUT2D eigenvalue weighted by Crippen LogP contribution is -2.50. The summed E-state index contributed by atoms with van der Waals surface area (Å²) in [6.07, 6.45) is 1.03. The van der Waals surface area contributed by atoms with E-state index in [2.05, 4.69) is 47.6 Å². The molecule has 2 heterocycles. The van der Waals surface area contributed by atoms with Crippen molar-refractivity contribution in [2.45, 2.75) is 38.6 Å². The Morgan fingerprint density at radius 1 is 1.27 bits per heavy atom. The minimum absolute atomic E-state index is 0.162. The number of carbonyl (C=O) groups is 2. The van der Waals surface area contributed by atoms with Gasteiger partial charge in [0.15, 0.2) is 0 Å². The Kier molecular flexibility index (Phi) is 4.16. The molecule has 0 saturated carbocycles. The van der Waals surface area contributed by atoms with Gasteiger partial charge in [0.1, 0.15) is 0 Å². The van der Waals surface area contributed by atoms with Crippen molar-refractivity contribution in [1.82, 2.24) is 10.6 Å². The van der Waals surface area contributed by atoms with E-state index in [1.54, 1.807) is 0 Å². The second kappa shape index (κ2) is 6.08. The highest BCUT2D eigenvalue weighted by Gasteiger charge is 2.29. The largest absolute Gasteiger partial charge is 0.366 e. The van der Waals surface area contributed by atoms with Gasteiger partial charge in [-0.1, -0.05) is 6.07 Å². The molecule has 2 aliphatic rings. The van der Waals surface area contributed by atoms with E-state index >= 15 is 0 Å². The average Bonchev–Trinajstić information content (AvgIpc) is 2.48. The van der Waals surface area contributed by atoms with Crippen molar-refractivity contribution in [3.05, 3.63) is 29.3 Å². The van der Waals surface area contributed by atoms with E-state index in [4.69, 9.17) is 0 Å². The van der Waals surface area contributed by atoms with Crippen molar-refractivity contribution >= 4 is 17.5 Å². The molecular formula is C17H23N3O2. The number of benzene rings is 1. The lowest BCUT2D eigenvalue weighted by molar-refractivity contribution is -0.134. The van der Waals surface area contributed by atoms with Gasteiger partial charge in [0.2, 0.25) is 11.8 Å². The molecule has 2 amide bonds. The Balaban J connectivity index is 1.83. The molecule has 2 N–H and O–H groups in total. The van der Waals surface area contributed by atoms with Gasteiger partial charge in [0.25, 0.3) is 0 Å². The van der Waals surface area contributed by atoms with Crippen molar-refractivity contribution in [3.63, 3.8) is 0 Å². The zero-order chi connectivity index (χ0) is 15.7. The predicted octanol–water partition coefficient (Wildman–Crippen LogP) is 1.31. The van der Waals surface area contributed by atoms with E-state index in [1.165, 1.54) is 5.69 Å². The number of rotatable bonds is 2. The van der Waals surface area contributed by atoms with Crippen molar-refractivity contribution in [2.24, 2.45) is 0 Å². The molecule has 3 rings (SSSR count). The van der Waals surface area contributed by atoms with Crippen molar-refractivity contribution in [1.29, 1.82) is 0 Å². The molecule has 0 aliphatic carbocycles. The maximum Gasteiger partial charge on any atom is 0.234 e. The number of nitrogens with zero attached hydrogens (tertiary/aromatic N) is 1. The lowest BCUT2D eigenvalue weighted by atomic mass is 9.87. The average molecular weight is 301 g/mol. The number of nitrogens with one attached hydrogen (secondary N) is 2. The minimum Gasteiger partial charge on any atom is -0.366 e. The van der Waals surface area contributed by atoms with Gasteiger partial charge in [-0.05, 0) is 43.5 Å². The first kappa shape index (κ1) is 15.0. The third kappa shape index (κ3) is 2.86. The summed E-state index contributed by atoms with van der Waals surface area (Å²) < 4.78 is 0. The summed E-state index contributed by atoms with van der Waals surface area (Å²) in [6, 6.07) is 6.79. The summed E-state index contributed by atoms with van der Waals surface area (Å²) in [6.45, 7) is 7.26. The first-order chi connectivity index (χ1) is 10.6. The van der Waals surface area contributed by atoms with Crippen LogP contribution in [0.4, 0.5) is 5.69 Å². The molecule has 2 atom stereocenters. The van der Waals surface area contributed by atoms with Crippen LogP contribution in [0.15, 0.2) is 18.2 Å². The van der Waals surface area contributed by atoms with Gasteiger partial charge in [-0.25, -0.2) is 0 Å². The van der Waals surface area contributed by atoms with Gasteiger partial charge < -0.3 is 10.2 Å². The van der Waals surface area contributed by atoms with Crippen molar-refractivity contribution in [2.75, 3.05) is 24.5 Å². The molecule has 2 fully saturated rings. The smallest absolute Gasteiger partial charge is 0.234 e. The maximum absolute atomic E-state index is 12.0. The number of amides is 2. The molecule has 22 heavy (non-hydrogen) atoms. The van der Waals surface area contributed by atoms with E-state index in [1.807, 2.05) is 0 Å². The van der Waals surface area contributed by atoms with E-state index in [-0.39, 0.29) is 17.7 Å². The standard InChI is InChI=1S/C17H23N3O2/c1-11-9-13(20-8-7-18-10-12(20)2)3-4-14(11)15-5-6-16(21)19-17(15)22/h3-4,9,12,15,18H,5-8,10H2,1-2H3,(H,19,21,22)/t12-,15?/m1/s1. The number of hydrogen-bond donors (Lipinski definition) is 2. The second-order valence-electron chi connectivity index (χ2n) is 6.29. The molecule has 0 spiro atoms. The number of piperazine rings is 1. The van der Waals surface area contributed by atoms with Crippen LogP contribution in [0.3, 0.4) is 0 Å². The monoisotopic (exact) mass is 301 g/mol. The normalized spacial score (nSPS) is 26.0. The molecule has 0 radical (unpaired) electrons. The molecule has 5 nitrogen and oxygen atoms in total. The molecule has 2 saturated heterocycles. The van der Waals surface area contributed by atoms with Crippen LogP contribution >= 0.6 is 0 Å². The molecule has 5 heteroatoms. The van der Waals surface area contributed by atoms with Crippen molar-refractivity contribution in [3.8, 4) is 0 Å². The Hall–Kier alpha value is -1.88. The highest BCUT2D eigenvalue weighted by molar-refractivity contribution is 6.01. The van der Waals surface area contributed by atoms with Crippen LogP contribution in [0.2, 0.25) is 0 Å². The van der Waals surface area contributed by atoms with Gasteiger partial charge in [-0.2, -0.15) is 0 Å². The minimum atomic E-state index is -0.202. The molecule has 1 aromatic carbocycles. The number of hydrogen-bond acceptors (Lipinski definition) is 4. The van der Waals surface area contributed by atoms with Gasteiger partial charge in [-0.3, -0.25) is 14.9 Å². The van der Waals surface area contributed by atoms with Gasteiger partial charge >= 0.3 is 0 Å². The molecule has 0 bridgehead atoms. The van der Waals surface area contributed by atoms with Crippen LogP contribution in [-0.2, 0) is 9.59 Å². The van der Waals surface area contributed by atoms with Crippen molar-refractivity contribution < 1.29 is 9.59 Å². The summed E-state index contributed by atoms with van der Waals surface area (Å²) in [7, 11) is 0. The Bertz CT molecular complexity index is 600. The van der Waals surface area contributed by atoms with E-state index in [0.29, 0.717) is 18.9 Å². The number of imide groups is 1. The van der Waals surface area contributed by atoms with Crippen LogP contribution in [0, 0.1) is 6.92 Å². The van der Waals surface area contributed by atoms with E-state index < -0.39 is 0 Å². The molecular weight excluding hydrogens is 278 g/mol. The van der Waals surface area contributed by atoms with Gasteiger partial charge in [0.05, 0.1) is 5.92 Å².